The van der Waals surface area contributed by atoms with Gasteiger partial charge >= 0.3 is 0 Å². The molecule has 1 heterocycles. The lowest BCUT2D eigenvalue weighted by Crippen LogP contribution is -2.35. The Labute approximate surface area is 150 Å². The maximum absolute atomic E-state index is 8.75. The van der Waals surface area contributed by atoms with Crippen molar-refractivity contribution in [1.29, 1.82) is 5.26 Å². The van der Waals surface area contributed by atoms with Gasteiger partial charge < -0.3 is 9.64 Å². The van der Waals surface area contributed by atoms with E-state index in [1.54, 1.807) is 0 Å². The van der Waals surface area contributed by atoms with E-state index in [0.717, 1.165) is 54.5 Å². The highest BCUT2D eigenvalue weighted by Gasteiger charge is 2.17. The first kappa shape index (κ1) is 18.1. The summed E-state index contributed by atoms with van der Waals surface area (Å²) in [6, 6.07) is 7.91. The van der Waals surface area contributed by atoms with Crippen molar-refractivity contribution in [3.8, 4) is 11.9 Å². The van der Waals surface area contributed by atoms with Gasteiger partial charge in [0.2, 0.25) is 6.19 Å². The molecule has 1 saturated heterocycles. The van der Waals surface area contributed by atoms with Crippen molar-refractivity contribution >= 4 is 32.9 Å². The Bertz CT molecular complexity index is 558. The standard InChI is InChI=1S/C16H21BrN4OS/c1-23-16(19-13-18)21-8-2-7-20(9-10-21)11-12-22-15-5-3-14(17)4-6-15/h3-6H,2,7-12H2,1H3/b19-16-. The average molecular weight is 397 g/mol. The molecule has 1 fully saturated rings. The lowest BCUT2D eigenvalue weighted by molar-refractivity contribution is 0.215. The maximum atomic E-state index is 8.75. The molecule has 0 aliphatic carbocycles. The maximum Gasteiger partial charge on any atom is 0.208 e. The second-order valence-corrected chi connectivity index (χ2v) is 6.87. The number of rotatable bonds is 4. The molecule has 0 spiro atoms. The van der Waals surface area contributed by atoms with Gasteiger partial charge in [0.15, 0.2) is 5.17 Å². The smallest absolute Gasteiger partial charge is 0.208 e. The van der Waals surface area contributed by atoms with E-state index < -0.39 is 0 Å². The zero-order valence-electron chi connectivity index (χ0n) is 13.2. The van der Waals surface area contributed by atoms with Crippen LogP contribution in [-0.4, -0.2) is 60.6 Å². The highest BCUT2D eigenvalue weighted by Crippen LogP contribution is 2.16. The summed E-state index contributed by atoms with van der Waals surface area (Å²) >= 11 is 4.95. The van der Waals surface area contributed by atoms with E-state index in [4.69, 9.17) is 10.00 Å². The second kappa shape index (κ2) is 9.81. The van der Waals surface area contributed by atoms with E-state index in [1.807, 2.05) is 36.7 Å². The molecule has 1 aliphatic rings. The van der Waals surface area contributed by atoms with E-state index in [9.17, 15) is 0 Å². The van der Waals surface area contributed by atoms with Crippen LogP contribution in [0.5, 0.6) is 5.75 Å². The zero-order valence-corrected chi connectivity index (χ0v) is 15.6. The number of halogens is 1. The fraction of sp³-hybridized carbons (Fsp3) is 0.500. The summed E-state index contributed by atoms with van der Waals surface area (Å²) in [5.74, 6) is 0.899. The molecule has 0 unspecified atom stereocenters. The minimum absolute atomic E-state index is 0.684. The van der Waals surface area contributed by atoms with Crippen molar-refractivity contribution in [2.45, 2.75) is 6.42 Å². The average Bonchev–Trinajstić information content (AvgIpc) is 2.80. The summed E-state index contributed by atoms with van der Waals surface area (Å²) in [6.45, 7) is 5.46. The van der Waals surface area contributed by atoms with E-state index in [0.29, 0.717) is 6.61 Å². The molecular formula is C16H21BrN4OS. The molecule has 0 amide bonds. The van der Waals surface area contributed by atoms with Crippen LogP contribution in [0.2, 0.25) is 0 Å². The van der Waals surface area contributed by atoms with Crippen LogP contribution in [0.25, 0.3) is 0 Å². The molecule has 124 valence electrons. The van der Waals surface area contributed by atoms with Crippen LogP contribution < -0.4 is 4.74 Å². The third-order valence-corrected chi connectivity index (χ3v) is 4.92. The molecule has 1 aromatic rings. The summed E-state index contributed by atoms with van der Waals surface area (Å²) in [6.07, 6.45) is 4.93. The first-order valence-electron chi connectivity index (χ1n) is 7.59. The van der Waals surface area contributed by atoms with E-state index in [1.165, 1.54) is 11.8 Å². The van der Waals surface area contributed by atoms with Crippen LogP contribution in [0, 0.1) is 11.5 Å². The predicted octanol–water partition coefficient (Wildman–Crippen LogP) is 3.04. The third kappa shape index (κ3) is 6.05. The second-order valence-electron chi connectivity index (χ2n) is 5.18. The topological polar surface area (TPSA) is 51.9 Å². The number of nitriles is 1. The van der Waals surface area contributed by atoms with Crippen LogP contribution in [0.15, 0.2) is 33.7 Å². The number of nitrogens with zero attached hydrogens (tertiary/aromatic N) is 4. The number of benzene rings is 1. The highest BCUT2D eigenvalue weighted by atomic mass is 79.9. The van der Waals surface area contributed by atoms with Crippen molar-refractivity contribution in [2.75, 3.05) is 45.6 Å². The normalized spacial score (nSPS) is 16.7. The third-order valence-electron chi connectivity index (χ3n) is 3.68. The number of thioether (sulfide) groups is 1. The molecule has 0 aromatic heterocycles. The monoisotopic (exact) mass is 396 g/mol. The van der Waals surface area contributed by atoms with Gasteiger partial charge in [0.05, 0.1) is 0 Å². The largest absolute Gasteiger partial charge is 0.492 e. The number of amidine groups is 1. The molecule has 0 radical (unpaired) electrons. The Morgan fingerprint density at radius 2 is 2.09 bits per heavy atom. The molecule has 0 bridgehead atoms. The van der Waals surface area contributed by atoms with Gasteiger partial charge in [0.1, 0.15) is 12.4 Å². The number of aliphatic imine (C=N–C) groups is 1. The minimum Gasteiger partial charge on any atom is -0.492 e. The lowest BCUT2D eigenvalue weighted by atomic mass is 10.3. The quantitative estimate of drug-likeness (QED) is 0.444. The van der Waals surface area contributed by atoms with Crippen molar-refractivity contribution in [3.05, 3.63) is 28.7 Å². The van der Waals surface area contributed by atoms with Crippen molar-refractivity contribution in [3.63, 3.8) is 0 Å². The first-order chi connectivity index (χ1) is 11.2. The van der Waals surface area contributed by atoms with Gasteiger partial charge in [-0.15, -0.1) is 4.99 Å². The molecule has 23 heavy (non-hydrogen) atoms. The van der Waals surface area contributed by atoms with Gasteiger partial charge in [-0.05, 0) is 36.9 Å². The molecule has 1 aromatic carbocycles. The molecule has 0 N–H and O–H groups in total. The van der Waals surface area contributed by atoms with Crippen LogP contribution in [0.1, 0.15) is 6.42 Å². The fourth-order valence-corrected chi connectivity index (χ4v) is 3.33. The minimum atomic E-state index is 0.684. The number of hydrogen-bond acceptors (Lipinski definition) is 5. The van der Waals surface area contributed by atoms with Crippen molar-refractivity contribution in [2.24, 2.45) is 4.99 Å². The van der Waals surface area contributed by atoms with E-state index in [-0.39, 0.29) is 0 Å². The number of hydrogen-bond donors (Lipinski definition) is 0. The van der Waals surface area contributed by atoms with Crippen molar-refractivity contribution in [1.82, 2.24) is 9.80 Å². The first-order valence-corrected chi connectivity index (χ1v) is 9.61. The van der Waals surface area contributed by atoms with Crippen LogP contribution >= 0.6 is 27.7 Å². The Balaban J connectivity index is 1.76. The van der Waals surface area contributed by atoms with Gasteiger partial charge in [-0.3, -0.25) is 4.90 Å². The summed E-state index contributed by atoms with van der Waals surface area (Å²) in [4.78, 5) is 8.51. The van der Waals surface area contributed by atoms with Gasteiger partial charge in [-0.2, -0.15) is 5.26 Å². The molecule has 2 rings (SSSR count). The van der Waals surface area contributed by atoms with E-state index in [2.05, 4.69) is 30.7 Å². The molecular weight excluding hydrogens is 376 g/mol. The Hall–Kier alpha value is -1.23. The van der Waals surface area contributed by atoms with E-state index >= 15 is 0 Å². The van der Waals surface area contributed by atoms with Gasteiger partial charge in [-0.1, -0.05) is 27.7 Å². The van der Waals surface area contributed by atoms with Crippen LogP contribution in [0.3, 0.4) is 0 Å². The molecule has 0 saturated carbocycles. The van der Waals surface area contributed by atoms with Crippen molar-refractivity contribution < 1.29 is 4.74 Å². The van der Waals surface area contributed by atoms with Gasteiger partial charge in [-0.25, -0.2) is 0 Å². The SMILES string of the molecule is CS/C(=N\C#N)N1CCCN(CCOc2ccc(Br)cc2)CC1. The predicted molar refractivity (Wildman–Crippen MR) is 98.8 cm³/mol. The lowest BCUT2D eigenvalue weighted by Gasteiger charge is -2.23. The highest BCUT2D eigenvalue weighted by molar-refractivity contribution is 9.10. The summed E-state index contributed by atoms with van der Waals surface area (Å²) < 4.78 is 6.85. The summed E-state index contributed by atoms with van der Waals surface area (Å²) in [7, 11) is 0. The van der Waals surface area contributed by atoms with Gasteiger partial charge in [0, 0.05) is 37.2 Å². The summed E-state index contributed by atoms with van der Waals surface area (Å²) in [5.41, 5.74) is 0. The van der Waals surface area contributed by atoms with Crippen LogP contribution in [-0.2, 0) is 0 Å². The van der Waals surface area contributed by atoms with Crippen LogP contribution in [0.4, 0.5) is 0 Å². The number of ether oxygens (including phenoxy) is 1. The molecule has 7 heteroatoms. The zero-order chi connectivity index (χ0) is 16.5. The molecule has 1 aliphatic heterocycles. The Morgan fingerprint density at radius 3 is 2.78 bits per heavy atom. The molecule has 0 atom stereocenters. The Morgan fingerprint density at radius 1 is 1.30 bits per heavy atom. The Kier molecular flexibility index (Phi) is 7.72. The van der Waals surface area contributed by atoms with Gasteiger partial charge in [0.25, 0.3) is 0 Å². The molecule has 5 nitrogen and oxygen atoms in total. The summed E-state index contributed by atoms with van der Waals surface area (Å²) in [5, 5.41) is 9.57. The fourth-order valence-electron chi connectivity index (χ4n) is 2.50.